The number of likely N-dealkylation sites (N-methyl/N-ethyl adjacent to an activating group) is 1. The van der Waals surface area contributed by atoms with Gasteiger partial charge in [0.1, 0.15) is 131 Å². The van der Waals surface area contributed by atoms with Gasteiger partial charge in [0.05, 0.1) is 23.8 Å². The molecular formula is C89H102Cl2N10O28. The number of nitrogens with zero attached hydrogens (tertiary/aromatic N) is 1. The van der Waals surface area contributed by atoms with E-state index >= 15 is 28.8 Å². The standard InChI is InChI=1S/C89H102Cl2N10O28/c1-39(2)14-11-9-7-8-10-12-15-62(107)95-71-74(110)76(112)79(87(121)122-6)129-88(71)128-78-59-32-44-33-60(78)125-56-25-20-43(30-51(56)90)72(108)70-86(120)99-68(81(115)93-26-13-27-101(4)5)49-34-45(103)35-58(126-89-77(113)75(111)73(109)61(38-102)127-89)63(49)48-29-41(18-23-53(48)104)66(83(117)100-70)96-84(118)67(44)97-85(119)69-50-36-47(37-55(106)64(50)91)124-57-31-42(19-24-54(57)105)65(92-3)82(116)94-52(80(114)98-69)28-40-16-21-46(123-59)22-17-40/h16-25,29-37,39,52,61,65-77,79,88-89,92,102-106,108-113H,7-15,26-28,38H2,1-6H3,(H,93,115)(H,94,116)(H,95,107)(H,96,118)(H,97,119)(H,98,114)(H,99,120)(H,100,117)/t52-,61-,65-,66-,67-,68+,69+,70+,71-,72-,73-,74-,75+,76+,77+,79+,88-,89+/m1/s1. The lowest BCUT2D eigenvalue weighted by molar-refractivity contribution is -0.277. The largest absolute Gasteiger partial charge is 0.508 e. The van der Waals surface area contributed by atoms with Crippen LogP contribution >= 0.6 is 23.2 Å². The number of hydrogen-bond donors (Lipinski definition) is 20. The van der Waals surface area contributed by atoms with Crippen molar-refractivity contribution in [1.29, 1.82) is 0 Å². The molecule has 15 rings (SSSR count). The van der Waals surface area contributed by atoms with Crippen molar-refractivity contribution >= 4 is 76.4 Å². The molecule has 17 bridgehead atoms. The number of unbranched alkanes of at least 4 members (excludes halogenated alkanes) is 5. The minimum Gasteiger partial charge on any atom is -0.508 e. The normalized spacial score (nSPS) is 25.7. The number of rotatable bonds is 22. The maximum Gasteiger partial charge on any atom is 0.337 e. The van der Waals surface area contributed by atoms with E-state index in [0.29, 0.717) is 37.3 Å². The SMILES string of the molecule is CN[C@H]1C(=O)N[C@@H]2Cc3ccc(cc3)Oc3cc4cc(c3O[C@@H]3O[C@H](C(=O)OC)[C@@H](O)[C@H](O)[C@H]3NC(=O)CCCCCCCCC(C)C)Oc3ccc(cc3Cl)[C@@H](O)[C@@H]3NC(=O)[C@H](NC(=O)[C@@H]4NC(=O)[C@@H](NC2=O)c2cc(cc(O)c2Cl)Oc2cc1ccc2O)c1ccc(O)c(c1)-c1c(O[C@H]2O[C@H](CO)[C@@H](O)[C@H](O)[C@@H]2O)cc(O)cc1[C@@H](C(=O)NCCCN(C)C)NC3=O. The van der Waals surface area contributed by atoms with Gasteiger partial charge in [0.15, 0.2) is 29.1 Å². The Balaban J connectivity index is 1.04. The van der Waals surface area contributed by atoms with Crippen LogP contribution in [-0.2, 0) is 63.8 Å². The number of carbonyl (C=O) groups is 9. The Bertz CT molecular complexity index is 5360. The molecule has 38 nitrogen and oxygen atoms in total. The fourth-order valence-corrected chi connectivity index (χ4v) is 16.5. The Hall–Kier alpha value is -11.9. The maximum atomic E-state index is 16.9. The number of phenols is 4. The van der Waals surface area contributed by atoms with Crippen molar-refractivity contribution in [2.75, 3.05) is 47.9 Å². The average molecular weight is 1830 g/mol. The summed E-state index contributed by atoms with van der Waals surface area (Å²) in [5.41, 5.74) is -2.58. The summed E-state index contributed by atoms with van der Waals surface area (Å²) in [6.45, 7) is 3.64. The van der Waals surface area contributed by atoms with E-state index in [9.17, 15) is 70.6 Å². The lowest BCUT2D eigenvalue weighted by Gasteiger charge is -2.41. The van der Waals surface area contributed by atoms with Crippen molar-refractivity contribution in [3.63, 3.8) is 0 Å². The molecule has 7 aromatic rings. The van der Waals surface area contributed by atoms with Gasteiger partial charge in [-0.15, -0.1) is 0 Å². The third-order valence-corrected chi connectivity index (χ3v) is 23.6. The van der Waals surface area contributed by atoms with E-state index in [1.54, 1.807) is 14.1 Å². The van der Waals surface area contributed by atoms with E-state index in [0.717, 1.165) is 106 Å². The Morgan fingerprint density at radius 2 is 1.22 bits per heavy atom. The first-order valence-electron chi connectivity index (χ1n) is 41.9. The smallest absolute Gasteiger partial charge is 0.337 e. The van der Waals surface area contributed by atoms with Crippen LogP contribution in [0.25, 0.3) is 11.1 Å². The molecule has 7 aromatic carbocycles. The third-order valence-electron chi connectivity index (χ3n) is 22.9. The van der Waals surface area contributed by atoms with E-state index in [4.69, 9.17) is 61.1 Å². The van der Waals surface area contributed by atoms with E-state index in [1.165, 1.54) is 55.6 Å². The highest BCUT2D eigenvalue weighted by molar-refractivity contribution is 6.33. The second kappa shape index (κ2) is 41.3. The predicted octanol–water partition coefficient (Wildman–Crippen LogP) is 4.26. The number of halogens is 2. The Kier molecular flexibility index (Phi) is 30.3. The van der Waals surface area contributed by atoms with Crippen molar-refractivity contribution in [2.24, 2.45) is 5.92 Å². The maximum absolute atomic E-state index is 16.9. The van der Waals surface area contributed by atoms with Crippen LogP contribution in [0, 0.1) is 5.92 Å². The lowest BCUT2D eigenvalue weighted by atomic mass is 9.89. The molecule has 8 heterocycles. The van der Waals surface area contributed by atoms with Gasteiger partial charge in [-0.25, -0.2) is 4.79 Å². The van der Waals surface area contributed by atoms with Crippen molar-refractivity contribution in [2.45, 2.75) is 188 Å². The molecule has 690 valence electrons. The summed E-state index contributed by atoms with van der Waals surface area (Å²) < 4.78 is 50.0. The molecule has 0 unspecified atom stereocenters. The number of aromatic hydroxyl groups is 4. The average Bonchev–Trinajstić information content (AvgIpc) is 0.766. The molecule has 8 amide bonds. The first-order chi connectivity index (χ1) is 61.6. The number of methoxy groups -OCH3 is 1. The van der Waals surface area contributed by atoms with Gasteiger partial charge >= 0.3 is 5.97 Å². The van der Waals surface area contributed by atoms with Crippen LogP contribution in [0.3, 0.4) is 0 Å². The Morgan fingerprint density at radius 1 is 0.566 bits per heavy atom. The number of aliphatic hydroxyl groups is 7. The zero-order valence-electron chi connectivity index (χ0n) is 70.7. The topological polar surface area (TPSA) is 562 Å². The molecule has 0 spiro atoms. The monoisotopic (exact) mass is 1830 g/mol. The molecule has 40 heteroatoms. The second-order valence-corrected chi connectivity index (χ2v) is 33.7. The number of ether oxygens (including phenoxy) is 8. The third kappa shape index (κ3) is 21.5. The van der Waals surface area contributed by atoms with Gasteiger partial charge in [0, 0.05) is 48.2 Å². The van der Waals surface area contributed by atoms with Crippen molar-refractivity contribution in [1.82, 2.24) is 52.8 Å². The van der Waals surface area contributed by atoms with Crippen molar-refractivity contribution in [3.05, 3.63) is 164 Å². The van der Waals surface area contributed by atoms with Crippen LogP contribution in [0.15, 0.2) is 115 Å². The number of aliphatic hydroxyl groups excluding tert-OH is 7. The van der Waals surface area contributed by atoms with Gasteiger partial charge in [0.25, 0.3) is 0 Å². The fraction of sp³-hybridized carbons (Fsp3) is 0.427. The number of benzene rings is 7. The molecule has 8 aliphatic rings. The molecular weight excluding hydrogens is 1730 g/mol. The summed E-state index contributed by atoms with van der Waals surface area (Å²) in [5.74, 6) is -16.6. The van der Waals surface area contributed by atoms with Gasteiger partial charge in [-0.2, -0.15) is 0 Å². The number of amides is 8. The molecule has 0 saturated carbocycles. The molecule has 8 aliphatic heterocycles. The summed E-state index contributed by atoms with van der Waals surface area (Å²) in [6, 6.07) is 6.07. The van der Waals surface area contributed by atoms with Gasteiger partial charge in [0.2, 0.25) is 65.6 Å². The second-order valence-electron chi connectivity index (χ2n) is 32.9. The van der Waals surface area contributed by atoms with Crippen LogP contribution in [0.1, 0.15) is 147 Å². The van der Waals surface area contributed by atoms with Crippen LogP contribution in [0.2, 0.25) is 10.0 Å². The number of carbonyl (C=O) groups excluding carboxylic acids is 9. The summed E-state index contributed by atoms with van der Waals surface area (Å²) >= 11 is 14.4. The van der Waals surface area contributed by atoms with Crippen molar-refractivity contribution in [3.8, 4) is 80.1 Å². The molecule has 20 N–H and O–H groups in total. The van der Waals surface area contributed by atoms with E-state index in [1.807, 2.05) is 4.90 Å². The molecule has 0 radical (unpaired) electrons. The predicted molar refractivity (Wildman–Crippen MR) is 456 cm³/mol. The first-order valence-corrected chi connectivity index (χ1v) is 42.6. The molecule has 2 fully saturated rings. The lowest BCUT2D eigenvalue weighted by Crippen LogP contribution is -2.66. The molecule has 0 aliphatic carbocycles. The Labute approximate surface area is 748 Å². The highest BCUT2D eigenvalue weighted by Gasteiger charge is 2.52. The number of esters is 1. The van der Waals surface area contributed by atoms with E-state index < -0.39 is 271 Å². The Morgan fingerprint density at radius 3 is 1.91 bits per heavy atom. The molecule has 2 saturated heterocycles. The number of nitrogens with one attached hydrogen (secondary N) is 9. The van der Waals surface area contributed by atoms with Crippen LogP contribution < -0.4 is 71.5 Å². The zero-order valence-corrected chi connectivity index (χ0v) is 72.2. The van der Waals surface area contributed by atoms with Crippen LogP contribution in [0.4, 0.5) is 0 Å². The van der Waals surface area contributed by atoms with Crippen LogP contribution in [0.5, 0.6) is 69.0 Å². The van der Waals surface area contributed by atoms with Gasteiger partial charge < -0.3 is 147 Å². The number of hydrogen-bond acceptors (Lipinski definition) is 30. The van der Waals surface area contributed by atoms with Gasteiger partial charge in [-0.05, 0) is 153 Å². The highest BCUT2D eigenvalue weighted by atomic mass is 35.5. The minimum atomic E-state index is -2.44. The van der Waals surface area contributed by atoms with Crippen LogP contribution in [-0.4, -0.2) is 236 Å². The number of phenolic OH excluding ortho intramolecular Hbond substituents is 4. The fourth-order valence-electron chi connectivity index (χ4n) is 16.0. The first kappa shape index (κ1) is 94.7. The molecule has 129 heavy (non-hydrogen) atoms. The summed E-state index contributed by atoms with van der Waals surface area (Å²) in [7, 11) is 5.94. The molecule has 0 aromatic heterocycles. The van der Waals surface area contributed by atoms with Gasteiger partial charge in [-0.1, -0.05) is 106 Å². The molecule has 18 atom stereocenters. The highest BCUT2D eigenvalue weighted by Crippen LogP contribution is 2.51. The minimum absolute atomic E-state index is 0.0897. The zero-order chi connectivity index (χ0) is 92.7. The quantitative estimate of drug-likeness (QED) is 0.0333. The summed E-state index contributed by atoms with van der Waals surface area (Å²) in [6.07, 6.45) is -15.1. The van der Waals surface area contributed by atoms with Crippen molar-refractivity contribution < 1.29 is 137 Å². The summed E-state index contributed by atoms with van der Waals surface area (Å²) in [4.78, 5) is 141. The summed E-state index contributed by atoms with van der Waals surface area (Å²) in [5, 5.41) is 151. The van der Waals surface area contributed by atoms with E-state index in [-0.39, 0.29) is 41.3 Å². The van der Waals surface area contributed by atoms with Gasteiger partial charge in [-0.3, -0.25) is 38.4 Å². The number of fused-ring (bicyclic) bond motifs is 14. The van der Waals surface area contributed by atoms with E-state index in [2.05, 4.69) is 61.7 Å².